The van der Waals surface area contributed by atoms with Gasteiger partial charge in [0, 0.05) is 25.2 Å². The summed E-state index contributed by atoms with van der Waals surface area (Å²) in [6, 6.07) is 1.41. The maximum atomic E-state index is 3.57. The molecule has 2 unspecified atom stereocenters. The molecular weight excluding hydrogens is 184 g/mol. The Morgan fingerprint density at radius 2 is 2.07 bits per heavy atom. The minimum absolute atomic E-state index is 0.621. The highest BCUT2D eigenvalue weighted by molar-refractivity contribution is 4.82. The molecule has 0 amide bonds. The van der Waals surface area contributed by atoms with E-state index in [4.69, 9.17) is 0 Å². The van der Waals surface area contributed by atoms with E-state index >= 15 is 0 Å². The van der Waals surface area contributed by atoms with Crippen molar-refractivity contribution < 1.29 is 0 Å². The fourth-order valence-corrected chi connectivity index (χ4v) is 2.27. The third kappa shape index (κ3) is 4.52. The Bertz CT molecular complexity index is 168. The molecule has 2 heteroatoms. The van der Waals surface area contributed by atoms with E-state index in [0.717, 1.165) is 12.0 Å². The van der Waals surface area contributed by atoms with Crippen LogP contribution in [0.3, 0.4) is 0 Å². The minimum atomic E-state index is 0.621. The summed E-state index contributed by atoms with van der Waals surface area (Å²) >= 11 is 0. The van der Waals surface area contributed by atoms with Gasteiger partial charge in [0.25, 0.3) is 0 Å². The predicted octanol–water partition coefficient (Wildman–Crippen LogP) is 2.49. The quantitative estimate of drug-likeness (QED) is 0.728. The van der Waals surface area contributed by atoms with Gasteiger partial charge in [0.1, 0.15) is 0 Å². The molecule has 0 saturated carbocycles. The second kappa shape index (κ2) is 6.49. The number of likely N-dealkylation sites (tertiary alicyclic amines) is 1. The molecule has 1 N–H and O–H groups in total. The van der Waals surface area contributed by atoms with Crippen LogP contribution in [0.4, 0.5) is 0 Å². The topological polar surface area (TPSA) is 15.3 Å². The number of nitrogens with zero attached hydrogens (tertiary/aromatic N) is 1. The van der Waals surface area contributed by atoms with Gasteiger partial charge in [0.05, 0.1) is 0 Å². The van der Waals surface area contributed by atoms with Gasteiger partial charge in [0.2, 0.25) is 0 Å². The molecule has 0 spiro atoms. The van der Waals surface area contributed by atoms with Gasteiger partial charge < -0.3 is 5.32 Å². The van der Waals surface area contributed by atoms with Crippen molar-refractivity contribution in [3.05, 3.63) is 0 Å². The van der Waals surface area contributed by atoms with Crippen molar-refractivity contribution in [3.63, 3.8) is 0 Å². The summed E-state index contributed by atoms with van der Waals surface area (Å²) in [5.74, 6) is 0.852. The van der Waals surface area contributed by atoms with Gasteiger partial charge >= 0.3 is 0 Å². The summed E-state index contributed by atoms with van der Waals surface area (Å²) in [5.41, 5.74) is 0. The molecule has 0 aromatic carbocycles. The van der Waals surface area contributed by atoms with E-state index in [1.54, 1.807) is 0 Å². The van der Waals surface area contributed by atoms with Crippen LogP contribution in [0.25, 0.3) is 0 Å². The number of rotatable bonds is 6. The molecule has 2 nitrogen and oxygen atoms in total. The fraction of sp³-hybridized carbons (Fsp3) is 1.00. The lowest BCUT2D eigenvalue weighted by atomic mass is 10.1. The lowest BCUT2D eigenvalue weighted by Crippen LogP contribution is -2.41. The van der Waals surface area contributed by atoms with Gasteiger partial charge in [0.15, 0.2) is 0 Å². The zero-order valence-corrected chi connectivity index (χ0v) is 10.9. The maximum absolute atomic E-state index is 3.57. The zero-order chi connectivity index (χ0) is 11.3. The molecule has 1 aliphatic rings. The van der Waals surface area contributed by atoms with Crippen molar-refractivity contribution >= 4 is 0 Å². The molecule has 2 atom stereocenters. The van der Waals surface area contributed by atoms with Crippen LogP contribution in [0.15, 0.2) is 0 Å². The highest BCUT2D eigenvalue weighted by Gasteiger charge is 2.24. The second-order valence-corrected chi connectivity index (χ2v) is 5.37. The monoisotopic (exact) mass is 212 g/mol. The van der Waals surface area contributed by atoms with E-state index in [-0.39, 0.29) is 0 Å². The smallest absolute Gasteiger partial charge is 0.0221 e. The molecule has 1 rings (SSSR count). The Morgan fingerprint density at radius 3 is 2.67 bits per heavy atom. The van der Waals surface area contributed by atoms with E-state index in [1.807, 2.05) is 0 Å². The summed E-state index contributed by atoms with van der Waals surface area (Å²) in [6.07, 6.45) is 4.08. The first-order valence-electron chi connectivity index (χ1n) is 6.61. The highest BCUT2D eigenvalue weighted by atomic mass is 15.2. The van der Waals surface area contributed by atoms with Crippen LogP contribution in [0.2, 0.25) is 0 Å². The van der Waals surface area contributed by atoms with Crippen LogP contribution in [0, 0.1) is 5.92 Å². The molecule has 0 aromatic rings. The largest absolute Gasteiger partial charge is 0.313 e. The normalized spacial score (nSPS) is 25.0. The molecule has 0 radical (unpaired) electrons. The first kappa shape index (κ1) is 13.0. The van der Waals surface area contributed by atoms with Crippen LogP contribution in [0.5, 0.6) is 0 Å². The molecule has 0 bridgehead atoms. The summed E-state index contributed by atoms with van der Waals surface area (Å²) in [6.45, 7) is 12.9. The molecule has 0 aromatic heterocycles. The van der Waals surface area contributed by atoms with Crippen LogP contribution < -0.4 is 5.32 Å². The zero-order valence-electron chi connectivity index (χ0n) is 10.9. The van der Waals surface area contributed by atoms with Crippen LogP contribution in [-0.4, -0.2) is 36.6 Å². The molecule has 1 heterocycles. The second-order valence-electron chi connectivity index (χ2n) is 5.37. The van der Waals surface area contributed by atoms with E-state index < -0.39 is 0 Å². The van der Waals surface area contributed by atoms with Crippen LogP contribution in [0.1, 0.15) is 47.0 Å². The lowest BCUT2D eigenvalue weighted by molar-refractivity contribution is 0.211. The average molecular weight is 212 g/mol. The van der Waals surface area contributed by atoms with E-state index in [2.05, 4.69) is 37.9 Å². The van der Waals surface area contributed by atoms with Crippen molar-refractivity contribution in [1.29, 1.82) is 0 Å². The number of hydrogen-bond donors (Lipinski definition) is 1. The van der Waals surface area contributed by atoms with Crippen molar-refractivity contribution in [2.75, 3.05) is 19.6 Å². The van der Waals surface area contributed by atoms with E-state index in [0.29, 0.717) is 6.04 Å². The van der Waals surface area contributed by atoms with Crippen molar-refractivity contribution in [3.8, 4) is 0 Å². The Kier molecular flexibility index (Phi) is 5.62. The molecule has 90 valence electrons. The van der Waals surface area contributed by atoms with E-state index in [1.165, 1.54) is 38.9 Å². The van der Waals surface area contributed by atoms with Crippen LogP contribution in [-0.2, 0) is 0 Å². The van der Waals surface area contributed by atoms with E-state index in [9.17, 15) is 0 Å². The molecule has 1 saturated heterocycles. The van der Waals surface area contributed by atoms with Gasteiger partial charge in [-0.1, -0.05) is 34.1 Å². The van der Waals surface area contributed by atoms with Crippen molar-refractivity contribution in [2.45, 2.75) is 59.0 Å². The Labute approximate surface area is 95.4 Å². The van der Waals surface area contributed by atoms with Gasteiger partial charge in [-0.2, -0.15) is 0 Å². The molecule has 1 aliphatic heterocycles. The predicted molar refractivity (Wildman–Crippen MR) is 67.2 cm³/mol. The molecular formula is C13H28N2. The van der Waals surface area contributed by atoms with Gasteiger partial charge in [-0.05, 0) is 25.3 Å². The lowest BCUT2D eigenvalue weighted by Gasteiger charge is -2.27. The summed E-state index contributed by atoms with van der Waals surface area (Å²) in [7, 11) is 0. The van der Waals surface area contributed by atoms with Gasteiger partial charge in [-0.3, -0.25) is 4.90 Å². The summed E-state index contributed by atoms with van der Waals surface area (Å²) in [4.78, 5) is 2.68. The first-order valence-corrected chi connectivity index (χ1v) is 6.61. The van der Waals surface area contributed by atoms with Crippen LogP contribution >= 0.6 is 0 Å². The van der Waals surface area contributed by atoms with Gasteiger partial charge in [-0.25, -0.2) is 0 Å². The van der Waals surface area contributed by atoms with Crippen molar-refractivity contribution in [2.24, 2.45) is 5.92 Å². The molecule has 15 heavy (non-hydrogen) atoms. The van der Waals surface area contributed by atoms with Gasteiger partial charge in [-0.15, -0.1) is 0 Å². The maximum Gasteiger partial charge on any atom is 0.0221 e. The number of nitrogens with one attached hydrogen (secondary N) is 1. The Balaban J connectivity index is 2.29. The fourth-order valence-electron chi connectivity index (χ4n) is 2.27. The summed E-state index contributed by atoms with van der Waals surface area (Å²) in [5, 5.41) is 3.57. The Hall–Kier alpha value is -0.0800. The first-order chi connectivity index (χ1) is 7.13. The standard InChI is InChI=1S/C13H28N2/c1-5-12(4)10-15-8-6-7-13(15)9-14-11(2)3/h11-14H,5-10H2,1-4H3. The third-order valence-corrected chi connectivity index (χ3v) is 3.50. The van der Waals surface area contributed by atoms with Crippen molar-refractivity contribution in [1.82, 2.24) is 10.2 Å². The SMILES string of the molecule is CCC(C)CN1CCCC1CNC(C)C. The Morgan fingerprint density at radius 1 is 1.33 bits per heavy atom. The summed E-state index contributed by atoms with van der Waals surface area (Å²) < 4.78 is 0. The minimum Gasteiger partial charge on any atom is -0.313 e. The number of hydrogen-bond acceptors (Lipinski definition) is 2. The molecule has 0 aliphatic carbocycles. The third-order valence-electron chi connectivity index (χ3n) is 3.50. The highest BCUT2D eigenvalue weighted by Crippen LogP contribution is 2.19. The average Bonchev–Trinajstić information content (AvgIpc) is 2.62. The molecule has 1 fully saturated rings.